The summed E-state index contributed by atoms with van der Waals surface area (Å²) < 4.78 is 18.6. The molecule has 84 valence electrons. The Labute approximate surface area is 91.6 Å². The Hall–Kier alpha value is 0.540. The minimum absolute atomic E-state index is 0.0367. The molecular formula is C10H20FOPS. The molecule has 0 aromatic heterocycles. The minimum atomic E-state index is -2.98. The smallest absolute Gasteiger partial charge is 0.229 e. The Morgan fingerprint density at radius 2 is 2.00 bits per heavy atom. The van der Waals surface area contributed by atoms with Crippen LogP contribution in [0.3, 0.4) is 0 Å². The lowest BCUT2D eigenvalue weighted by Gasteiger charge is -2.39. The second kappa shape index (κ2) is 4.19. The first kappa shape index (κ1) is 12.6. The van der Waals surface area contributed by atoms with E-state index in [2.05, 4.69) is 20.8 Å². The Balaban J connectivity index is 2.59. The van der Waals surface area contributed by atoms with Crippen molar-refractivity contribution in [3.8, 4) is 0 Å². The molecule has 0 saturated heterocycles. The van der Waals surface area contributed by atoms with Crippen LogP contribution in [-0.2, 0) is 16.3 Å². The van der Waals surface area contributed by atoms with Crippen molar-refractivity contribution in [3.63, 3.8) is 0 Å². The van der Waals surface area contributed by atoms with E-state index in [4.69, 9.17) is 16.3 Å². The van der Waals surface area contributed by atoms with Crippen LogP contribution in [0.4, 0.5) is 4.20 Å². The van der Waals surface area contributed by atoms with E-state index in [1.165, 1.54) is 13.1 Å². The molecule has 4 heteroatoms. The summed E-state index contributed by atoms with van der Waals surface area (Å²) in [7, 11) is 0. The van der Waals surface area contributed by atoms with E-state index < -0.39 is 6.58 Å². The van der Waals surface area contributed by atoms with Gasteiger partial charge in [0.2, 0.25) is 6.58 Å². The number of halogens is 1. The van der Waals surface area contributed by atoms with Crippen LogP contribution in [0, 0.1) is 11.3 Å². The third-order valence-electron chi connectivity index (χ3n) is 2.68. The normalized spacial score (nSPS) is 36.4. The van der Waals surface area contributed by atoms with Gasteiger partial charge in [0.25, 0.3) is 0 Å². The molecule has 1 fully saturated rings. The van der Waals surface area contributed by atoms with E-state index in [0.29, 0.717) is 5.92 Å². The summed E-state index contributed by atoms with van der Waals surface area (Å²) in [6.45, 7) is 5.07. The topological polar surface area (TPSA) is 9.23 Å². The van der Waals surface area contributed by atoms with Crippen LogP contribution in [-0.4, -0.2) is 12.8 Å². The van der Waals surface area contributed by atoms with Gasteiger partial charge in [0.05, 0.1) is 6.10 Å². The van der Waals surface area contributed by atoms with Crippen molar-refractivity contribution < 1.29 is 8.72 Å². The number of rotatable bonds is 2. The van der Waals surface area contributed by atoms with Crippen LogP contribution < -0.4 is 0 Å². The van der Waals surface area contributed by atoms with E-state index in [1.54, 1.807) is 0 Å². The van der Waals surface area contributed by atoms with Gasteiger partial charge < -0.3 is 4.52 Å². The van der Waals surface area contributed by atoms with Gasteiger partial charge in [0.1, 0.15) is 0 Å². The van der Waals surface area contributed by atoms with E-state index in [0.717, 1.165) is 12.8 Å². The molecule has 0 bridgehead atoms. The molecule has 14 heavy (non-hydrogen) atoms. The lowest BCUT2D eigenvalue weighted by Crippen LogP contribution is -2.31. The molecule has 0 amide bonds. The highest BCUT2D eigenvalue weighted by Gasteiger charge is 2.34. The lowest BCUT2D eigenvalue weighted by molar-refractivity contribution is 0.0608. The van der Waals surface area contributed by atoms with Crippen molar-refractivity contribution in [2.45, 2.75) is 46.1 Å². The highest BCUT2D eigenvalue weighted by atomic mass is 32.5. The lowest BCUT2D eigenvalue weighted by atomic mass is 9.72. The van der Waals surface area contributed by atoms with Gasteiger partial charge in [-0.3, -0.25) is 0 Å². The van der Waals surface area contributed by atoms with Gasteiger partial charge >= 0.3 is 0 Å². The van der Waals surface area contributed by atoms with Crippen LogP contribution in [0.2, 0.25) is 0 Å². The van der Waals surface area contributed by atoms with Gasteiger partial charge in [-0.25, -0.2) is 0 Å². The van der Waals surface area contributed by atoms with Gasteiger partial charge in [-0.2, -0.15) is 4.20 Å². The van der Waals surface area contributed by atoms with Crippen LogP contribution in [0.5, 0.6) is 0 Å². The van der Waals surface area contributed by atoms with Gasteiger partial charge in [-0.05, 0) is 42.4 Å². The van der Waals surface area contributed by atoms with Crippen molar-refractivity contribution in [1.29, 1.82) is 0 Å². The molecule has 3 atom stereocenters. The summed E-state index contributed by atoms with van der Waals surface area (Å²) in [4.78, 5) is 0. The van der Waals surface area contributed by atoms with Crippen molar-refractivity contribution in [2.75, 3.05) is 6.66 Å². The fraction of sp³-hybridized carbons (Fsp3) is 1.00. The molecule has 1 saturated carbocycles. The predicted molar refractivity (Wildman–Crippen MR) is 63.0 cm³/mol. The van der Waals surface area contributed by atoms with Crippen molar-refractivity contribution >= 4 is 18.4 Å². The second-order valence-electron chi connectivity index (χ2n) is 5.39. The summed E-state index contributed by atoms with van der Waals surface area (Å²) in [5.74, 6) is 0.616. The van der Waals surface area contributed by atoms with Crippen molar-refractivity contribution in [2.24, 2.45) is 11.3 Å². The highest BCUT2D eigenvalue weighted by Crippen LogP contribution is 2.50. The summed E-state index contributed by atoms with van der Waals surface area (Å²) in [6.07, 6.45) is 3.13. The first-order chi connectivity index (χ1) is 6.18. The molecule has 1 nitrogen and oxygen atoms in total. The summed E-state index contributed by atoms with van der Waals surface area (Å²) in [5, 5.41) is 0. The van der Waals surface area contributed by atoms with Crippen LogP contribution in [0.1, 0.15) is 40.0 Å². The van der Waals surface area contributed by atoms with Gasteiger partial charge in [-0.15, -0.1) is 0 Å². The van der Waals surface area contributed by atoms with Gasteiger partial charge in [0, 0.05) is 6.66 Å². The molecule has 0 heterocycles. The second-order valence-corrected chi connectivity index (χ2v) is 9.05. The van der Waals surface area contributed by atoms with E-state index in [1.807, 2.05) is 0 Å². The Morgan fingerprint density at radius 1 is 1.43 bits per heavy atom. The highest BCUT2D eigenvalue weighted by molar-refractivity contribution is 8.09. The molecule has 0 aliphatic heterocycles. The average molecular weight is 238 g/mol. The first-order valence-electron chi connectivity index (χ1n) is 5.13. The first-order valence-corrected chi connectivity index (χ1v) is 8.19. The quantitative estimate of drug-likeness (QED) is 0.669. The third kappa shape index (κ3) is 4.37. The number of hydrogen-bond acceptors (Lipinski definition) is 2. The molecule has 0 N–H and O–H groups in total. The molecule has 1 aliphatic rings. The Bertz CT molecular complexity index is 249. The van der Waals surface area contributed by atoms with E-state index in [-0.39, 0.29) is 11.5 Å². The van der Waals surface area contributed by atoms with Gasteiger partial charge in [0.15, 0.2) is 0 Å². The molecule has 0 aromatic rings. The predicted octanol–water partition coefficient (Wildman–Crippen LogP) is 4.13. The minimum Gasteiger partial charge on any atom is -0.323 e. The molecule has 0 spiro atoms. The fourth-order valence-corrected chi connectivity index (χ4v) is 3.66. The van der Waals surface area contributed by atoms with Gasteiger partial charge in [-0.1, -0.05) is 20.8 Å². The van der Waals surface area contributed by atoms with Crippen LogP contribution in [0.15, 0.2) is 0 Å². The Kier molecular flexibility index (Phi) is 3.77. The van der Waals surface area contributed by atoms with Crippen molar-refractivity contribution in [1.82, 2.24) is 0 Å². The third-order valence-corrected chi connectivity index (χ3v) is 3.62. The SMILES string of the molecule is CC1CC(OP(C)(F)=S)CC(C)(C)C1. The molecule has 0 radical (unpaired) electrons. The molecule has 1 rings (SSSR count). The zero-order chi connectivity index (χ0) is 11.0. The standard InChI is InChI=1S/C10H20FOPS/c1-8-5-9(12-13(4,11)14)7-10(2,3)6-8/h8-9H,5-7H2,1-4H3. The maximum atomic E-state index is 13.3. The molecule has 1 aliphatic carbocycles. The average Bonchev–Trinajstić information content (AvgIpc) is 1.74. The maximum Gasteiger partial charge on any atom is 0.229 e. The van der Waals surface area contributed by atoms with Crippen LogP contribution >= 0.6 is 6.58 Å². The van der Waals surface area contributed by atoms with E-state index in [9.17, 15) is 4.20 Å². The van der Waals surface area contributed by atoms with E-state index >= 15 is 0 Å². The number of hydrogen-bond donors (Lipinski definition) is 0. The summed E-state index contributed by atoms with van der Waals surface area (Å²) in [6, 6.07) is 0. The molecule has 0 aromatic carbocycles. The molecule has 3 unspecified atom stereocenters. The molecular weight excluding hydrogens is 218 g/mol. The summed E-state index contributed by atoms with van der Waals surface area (Å²) in [5.41, 5.74) is 0.271. The zero-order valence-electron chi connectivity index (χ0n) is 9.42. The summed E-state index contributed by atoms with van der Waals surface area (Å²) >= 11 is 4.70. The zero-order valence-corrected chi connectivity index (χ0v) is 11.1. The Morgan fingerprint density at radius 3 is 2.43 bits per heavy atom. The van der Waals surface area contributed by atoms with Crippen molar-refractivity contribution in [3.05, 3.63) is 0 Å². The van der Waals surface area contributed by atoms with Crippen LogP contribution in [0.25, 0.3) is 0 Å². The fourth-order valence-electron chi connectivity index (χ4n) is 2.61. The maximum absolute atomic E-state index is 13.3. The monoisotopic (exact) mass is 238 g/mol. The largest absolute Gasteiger partial charge is 0.323 e.